The molecule has 0 saturated heterocycles. The third-order valence-corrected chi connectivity index (χ3v) is 8.79. The summed E-state index contributed by atoms with van der Waals surface area (Å²) in [6.07, 6.45) is 0. The predicted octanol–water partition coefficient (Wildman–Crippen LogP) is 5.39. The molecule has 0 spiro atoms. The van der Waals surface area contributed by atoms with Crippen LogP contribution in [0.5, 0.6) is 0 Å². The lowest BCUT2D eigenvalue weighted by atomic mass is 10.2. The third kappa shape index (κ3) is 3.52. The maximum absolute atomic E-state index is 6.12. The highest BCUT2D eigenvalue weighted by Crippen LogP contribution is 2.24. The highest BCUT2D eigenvalue weighted by Gasteiger charge is 2.24. The molecule has 0 aliphatic carbocycles. The normalized spacial score (nSPS) is 10.9. The predicted molar refractivity (Wildman–Crippen MR) is 80.5 cm³/mol. The van der Waals surface area contributed by atoms with Crippen molar-refractivity contribution in [3.63, 3.8) is 0 Å². The standard InChI is InChI=1S/C14H18Cl2Si/c1-4-17(5-2,6-3)11-10-12-13(15)8-7-9-14(12)16/h7-9H,4-6H2,1-3H3. The molecule has 92 valence electrons. The molecule has 3 heteroatoms. The van der Waals surface area contributed by atoms with E-state index in [2.05, 4.69) is 32.2 Å². The Bertz CT molecular complexity index is 411. The summed E-state index contributed by atoms with van der Waals surface area (Å²) in [5.74, 6) is 3.22. The van der Waals surface area contributed by atoms with E-state index < -0.39 is 8.07 Å². The molecular weight excluding hydrogens is 267 g/mol. The second-order valence-corrected chi connectivity index (χ2v) is 9.93. The van der Waals surface area contributed by atoms with Gasteiger partial charge in [0.15, 0.2) is 0 Å². The van der Waals surface area contributed by atoms with Crippen molar-refractivity contribution in [2.75, 3.05) is 0 Å². The molecule has 0 radical (unpaired) electrons. The molecule has 0 nitrogen and oxygen atoms in total. The zero-order valence-corrected chi connectivity index (χ0v) is 13.1. The molecule has 1 aromatic rings. The van der Waals surface area contributed by atoms with Gasteiger partial charge in [-0.25, -0.2) is 0 Å². The Labute approximate surface area is 115 Å². The quantitative estimate of drug-likeness (QED) is 0.515. The fraction of sp³-hybridized carbons (Fsp3) is 0.429. The number of benzene rings is 1. The molecule has 0 amide bonds. The first-order chi connectivity index (χ1) is 8.08. The van der Waals surface area contributed by atoms with Gasteiger partial charge in [0.05, 0.1) is 15.6 Å². The fourth-order valence-corrected chi connectivity index (χ4v) is 4.74. The molecule has 1 aromatic carbocycles. The van der Waals surface area contributed by atoms with Crippen LogP contribution >= 0.6 is 23.2 Å². The summed E-state index contributed by atoms with van der Waals surface area (Å²) >= 11 is 12.2. The summed E-state index contributed by atoms with van der Waals surface area (Å²) < 4.78 is 0. The maximum Gasteiger partial charge on any atom is 0.138 e. The zero-order chi connectivity index (χ0) is 12.9. The molecule has 0 aromatic heterocycles. The maximum atomic E-state index is 6.12. The molecular formula is C14H18Cl2Si. The smallest absolute Gasteiger partial charge is 0.126 e. The minimum Gasteiger partial charge on any atom is -0.126 e. The summed E-state index contributed by atoms with van der Waals surface area (Å²) in [5, 5.41) is 1.30. The van der Waals surface area contributed by atoms with E-state index in [1.165, 1.54) is 18.1 Å². The summed E-state index contributed by atoms with van der Waals surface area (Å²) in [7, 11) is -1.42. The van der Waals surface area contributed by atoms with E-state index >= 15 is 0 Å². The topological polar surface area (TPSA) is 0 Å². The van der Waals surface area contributed by atoms with Crippen molar-refractivity contribution in [1.82, 2.24) is 0 Å². The van der Waals surface area contributed by atoms with Crippen molar-refractivity contribution < 1.29 is 0 Å². The van der Waals surface area contributed by atoms with Crippen LogP contribution in [-0.4, -0.2) is 8.07 Å². The average molecular weight is 285 g/mol. The third-order valence-electron chi connectivity index (χ3n) is 3.45. The molecule has 0 fully saturated rings. The van der Waals surface area contributed by atoms with Gasteiger partial charge in [-0.15, -0.1) is 5.54 Å². The van der Waals surface area contributed by atoms with Crippen LogP contribution in [-0.2, 0) is 0 Å². The van der Waals surface area contributed by atoms with Crippen molar-refractivity contribution in [3.05, 3.63) is 33.8 Å². The van der Waals surface area contributed by atoms with Gasteiger partial charge in [0.25, 0.3) is 0 Å². The molecule has 0 bridgehead atoms. The number of rotatable bonds is 3. The van der Waals surface area contributed by atoms with Crippen LogP contribution in [0.2, 0.25) is 28.2 Å². The highest BCUT2D eigenvalue weighted by molar-refractivity contribution is 6.87. The van der Waals surface area contributed by atoms with Gasteiger partial charge in [0.1, 0.15) is 8.07 Å². The largest absolute Gasteiger partial charge is 0.138 e. The van der Waals surface area contributed by atoms with Crippen LogP contribution in [0.25, 0.3) is 0 Å². The van der Waals surface area contributed by atoms with Gasteiger partial charge in [-0.3, -0.25) is 0 Å². The Morgan fingerprint density at radius 2 is 1.47 bits per heavy atom. The molecule has 1 rings (SSSR count). The first kappa shape index (κ1) is 14.6. The van der Waals surface area contributed by atoms with Crippen LogP contribution in [0, 0.1) is 11.5 Å². The van der Waals surface area contributed by atoms with Crippen molar-refractivity contribution in [2.45, 2.75) is 38.9 Å². The van der Waals surface area contributed by atoms with E-state index in [-0.39, 0.29) is 0 Å². The first-order valence-corrected chi connectivity index (χ1v) is 9.43. The van der Waals surface area contributed by atoms with Crippen LogP contribution in [0.1, 0.15) is 26.3 Å². The molecule has 0 atom stereocenters. The lowest BCUT2D eigenvalue weighted by molar-refractivity contribution is 1.20. The average Bonchev–Trinajstić information content (AvgIpc) is 2.34. The fourth-order valence-electron chi connectivity index (χ4n) is 1.83. The first-order valence-electron chi connectivity index (χ1n) is 6.05. The summed E-state index contributed by atoms with van der Waals surface area (Å²) in [5.41, 5.74) is 4.28. The van der Waals surface area contributed by atoms with E-state index in [9.17, 15) is 0 Å². The van der Waals surface area contributed by atoms with Crippen LogP contribution in [0.3, 0.4) is 0 Å². The lowest BCUT2D eigenvalue weighted by Gasteiger charge is -2.20. The Morgan fingerprint density at radius 3 is 1.88 bits per heavy atom. The van der Waals surface area contributed by atoms with Crippen molar-refractivity contribution in [1.29, 1.82) is 0 Å². The van der Waals surface area contributed by atoms with Gasteiger partial charge in [-0.05, 0) is 30.3 Å². The molecule has 0 saturated carbocycles. The van der Waals surface area contributed by atoms with Gasteiger partial charge in [-0.1, -0.05) is 56.0 Å². The van der Waals surface area contributed by atoms with E-state index in [0.717, 1.165) is 5.56 Å². The van der Waals surface area contributed by atoms with Gasteiger partial charge >= 0.3 is 0 Å². The number of hydrogen-bond acceptors (Lipinski definition) is 0. The Balaban J connectivity index is 3.14. The number of halogens is 2. The Hall–Kier alpha value is -0.423. The van der Waals surface area contributed by atoms with Crippen LogP contribution < -0.4 is 0 Å². The van der Waals surface area contributed by atoms with E-state index in [4.69, 9.17) is 23.2 Å². The van der Waals surface area contributed by atoms with Crippen molar-refractivity contribution in [3.8, 4) is 11.5 Å². The highest BCUT2D eigenvalue weighted by atomic mass is 35.5. The molecule has 0 unspecified atom stereocenters. The van der Waals surface area contributed by atoms with E-state index in [0.29, 0.717) is 10.0 Å². The molecule has 0 N–H and O–H groups in total. The Morgan fingerprint density at radius 1 is 1.00 bits per heavy atom. The van der Waals surface area contributed by atoms with Gasteiger partial charge in [0.2, 0.25) is 0 Å². The van der Waals surface area contributed by atoms with Gasteiger partial charge in [-0.2, -0.15) is 0 Å². The minimum atomic E-state index is -1.42. The summed E-state index contributed by atoms with van der Waals surface area (Å²) in [6.45, 7) is 6.71. The molecule has 0 aliphatic rings. The summed E-state index contributed by atoms with van der Waals surface area (Å²) in [4.78, 5) is 0. The number of hydrogen-bond donors (Lipinski definition) is 0. The molecule has 0 heterocycles. The van der Waals surface area contributed by atoms with E-state index in [1.807, 2.05) is 18.2 Å². The second kappa shape index (κ2) is 6.49. The van der Waals surface area contributed by atoms with Crippen molar-refractivity contribution >= 4 is 31.3 Å². The molecule has 17 heavy (non-hydrogen) atoms. The summed E-state index contributed by atoms with van der Waals surface area (Å²) in [6, 6.07) is 9.09. The van der Waals surface area contributed by atoms with Crippen molar-refractivity contribution in [2.24, 2.45) is 0 Å². The van der Waals surface area contributed by atoms with E-state index in [1.54, 1.807) is 0 Å². The van der Waals surface area contributed by atoms with Gasteiger partial charge < -0.3 is 0 Å². The van der Waals surface area contributed by atoms with Gasteiger partial charge in [0, 0.05) is 0 Å². The monoisotopic (exact) mass is 284 g/mol. The van der Waals surface area contributed by atoms with Crippen LogP contribution in [0.15, 0.2) is 18.2 Å². The lowest BCUT2D eigenvalue weighted by Crippen LogP contribution is -2.29. The van der Waals surface area contributed by atoms with Crippen LogP contribution in [0.4, 0.5) is 0 Å². The molecule has 0 aliphatic heterocycles. The zero-order valence-electron chi connectivity index (χ0n) is 10.6. The minimum absolute atomic E-state index is 0.649. The SMILES string of the molecule is CC[Si](C#Cc1c(Cl)cccc1Cl)(CC)CC. The Kier molecular flexibility index (Phi) is 5.59. The second-order valence-electron chi connectivity index (χ2n) is 4.19.